The fourth-order valence-corrected chi connectivity index (χ4v) is 3.97. The van der Waals surface area contributed by atoms with E-state index in [4.69, 9.17) is 14.1 Å². The van der Waals surface area contributed by atoms with Crippen molar-refractivity contribution in [3.05, 3.63) is 127 Å². The zero-order valence-corrected chi connectivity index (χ0v) is 19.4. The first-order valence-corrected chi connectivity index (χ1v) is 11.7. The molecular formula is C30H22N4O2. The molecule has 2 aromatic heterocycles. The summed E-state index contributed by atoms with van der Waals surface area (Å²) in [5.74, 6) is 2.87. The third-order valence-electron chi connectivity index (χ3n) is 5.72. The largest absolute Gasteiger partial charge is 0.457 e. The topological polar surface area (TPSA) is 66.0 Å². The molecule has 4 aromatic carbocycles. The van der Waals surface area contributed by atoms with Gasteiger partial charge in [-0.25, -0.2) is 9.67 Å². The molecule has 0 saturated heterocycles. The fourth-order valence-electron chi connectivity index (χ4n) is 3.97. The maximum Gasteiger partial charge on any atom is 0.217 e. The van der Waals surface area contributed by atoms with E-state index in [9.17, 15) is 0 Å². The molecule has 6 nitrogen and oxygen atoms in total. The molecule has 2 heterocycles. The quantitative estimate of drug-likeness (QED) is 0.249. The molecule has 174 valence electrons. The highest BCUT2D eigenvalue weighted by Crippen LogP contribution is 2.33. The number of para-hydroxylation sites is 1. The maximum absolute atomic E-state index is 6.23. The van der Waals surface area contributed by atoms with Crippen LogP contribution in [-0.4, -0.2) is 20.0 Å². The summed E-state index contributed by atoms with van der Waals surface area (Å²) in [7, 11) is 0. The van der Waals surface area contributed by atoms with E-state index in [0.717, 1.165) is 45.3 Å². The highest BCUT2D eigenvalue weighted by atomic mass is 16.5. The van der Waals surface area contributed by atoms with Gasteiger partial charge in [0.15, 0.2) is 5.76 Å². The van der Waals surface area contributed by atoms with Gasteiger partial charge in [0.1, 0.15) is 29.4 Å². The van der Waals surface area contributed by atoms with Crippen molar-refractivity contribution < 1.29 is 9.15 Å². The zero-order chi connectivity index (χ0) is 24.2. The van der Waals surface area contributed by atoms with E-state index >= 15 is 0 Å². The molecule has 0 amide bonds. The monoisotopic (exact) mass is 470 g/mol. The Balaban J connectivity index is 1.23. The summed E-state index contributed by atoms with van der Waals surface area (Å²) in [5, 5.41) is 8.64. The number of rotatable bonds is 7. The number of nitrogens with zero attached hydrogens (tertiary/aromatic N) is 4. The summed E-state index contributed by atoms with van der Waals surface area (Å²) in [5.41, 5.74) is 4.50. The highest BCUT2D eigenvalue weighted by Gasteiger charge is 2.17. The molecule has 0 N–H and O–H groups in total. The predicted octanol–water partition coefficient (Wildman–Crippen LogP) is 7.11. The van der Waals surface area contributed by atoms with E-state index in [1.165, 1.54) is 0 Å². The number of ether oxygens (including phenoxy) is 1. The van der Waals surface area contributed by atoms with Crippen LogP contribution in [0, 0.1) is 0 Å². The van der Waals surface area contributed by atoms with Gasteiger partial charge in [0, 0.05) is 16.7 Å². The van der Waals surface area contributed by atoms with Gasteiger partial charge in [-0.15, -0.1) is 5.10 Å². The molecule has 36 heavy (non-hydrogen) atoms. The average Bonchev–Trinajstić information content (AvgIpc) is 3.58. The molecular weight excluding hydrogens is 448 g/mol. The lowest BCUT2D eigenvalue weighted by Crippen LogP contribution is -2.00. The molecule has 0 atom stereocenters. The molecule has 0 unspecified atom stereocenters. The fraction of sp³-hybridized carbons (Fsp3) is 0.0333. The first kappa shape index (κ1) is 21.6. The minimum atomic E-state index is 0.370. The summed E-state index contributed by atoms with van der Waals surface area (Å²) in [4.78, 5) is 4.81. The van der Waals surface area contributed by atoms with E-state index in [2.05, 4.69) is 10.3 Å². The van der Waals surface area contributed by atoms with E-state index in [1.54, 1.807) is 4.68 Å². The number of oxazole rings is 1. The van der Waals surface area contributed by atoms with Gasteiger partial charge in [-0.05, 0) is 36.4 Å². The van der Waals surface area contributed by atoms with Gasteiger partial charge in [-0.1, -0.05) is 84.1 Å². The van der Waals surface area contributed by atoms with Gasteiger partial charge in [0.25, 0.3) is 0 Å². The van der Waals surface area contributed by atoms with Gasteiger partial charge in [-0.3, -0.25) is 0 Å². The van der Waals surface area contributed by atoms with Crippen LogP contribution in [-0.2, 0) is 6.54 Å². The lowest BCUT2D eigenvalue weighted by atomic mass is 10.1. The first-order valence-electron chi connectivity index (χ1n) is 11.7. The smallest absolute Gasteiger partial charge is 0.217 e. The standard InChI is InChI=1S/C30H22N4O2/c1-4-10-23(11-5-1)29-30(24-12-6-2-7-13-24)36-28(31-29)21-34-20-27(32-33-34)22-16-18-26(19-17-22)35-25-14-8-3-9-15-25/h1-20H,21H2. The SMILES string of the molecule is c1ccc(Oc2ccc(-c3cn(Cc4nc(-c5ccccc5)c(-c5ccccc5)o4)nn3)cc2)cc1. The van der Waals surface area contributed by atoms with E-state index in [-0.39, 0.29) is 0 Å². The van der Waals surface area contributed by atoms with Crippen molar-refractivity contribution in [1.82, 2.24) is 20.0 Å². The van der Waals surface area contributed by atoms with Crippen molar-refractivity contribution in [3.8, 4) is 45.3 Å². The van der Waals surface area contributed by atoms with Crippen molar-refractivity contribution in [2.75, 3.05) is 0 Å². The molecule has 6 heteroatoms. The molecule has 0 radical (unpaired) electrons. The second kappa shape index (κ2) is 9.72. The van der Waals surface area contributed by atoms with E-state index in [1.807, 2.05) is 121 Å². The van der Waals surface area contributed by atoms with Crippen molar-refractivity contribution >= 4 is 0 Å². The number of hydrogen-bond acceptors (Lipinski definition) is 5. The van der Waals surface area contributed by atoms with Gasteiger partial charge in [0.05, 0.1) is 6.20 Å². The third kappa shape index (κ3) is 4.65. The van der Waals surface area contributed by atoms with Crippen molar-refractivity contribution in [2.45, 2.75) is 6.54 Å². The summed E-state index contributed by atoms with van der Waals surface area (Å²) >= 11 is 0. The summed E-state index contributed by atoms with van der Waals surface area (Å²) < 4.78 is 13.8. The Bertz CT molecular complexity index is 1500. The maximum atomic E-state index is 6.23. The van der Waals surface area contributed by atoms with Crippen LogP contribution < -0.4 is 4.74 Å². The third-order valence-corrected chi connectivity index (χ3v) is 5.72. The van der Waals surface area contributed by atoms with Gasteiger partial charge < -0.3 is 9.15 Å². The Morgan fingerprint density at radius 2 is 1.25 bits per heavy atom. The van der Waals surface area contributed by atoms with Crippen molar-refractivity contribution in [3.63, 3.8) is 0 Å². The summed E-state index contributed by atoms with van der Waals surface area (Å²) in [6, 6.07) is 37.6. The van der Waals surface area contributed by atoms with Gasteiger partial charge in [-0.2, -0.15) is 0 Å². The lowest BCUT2D eigenvalue weighted by Gasteiger charge is -2.05. The van der Waals surface area contributed by atoms with Crippen LogP contribution in [0.5, 0.6) is 11.5 Å². The van der Waals surface area contributed by atoms with Gasteiger partial charge in [0.2, 0.25) is 5.89 Å². The summed E-state index contributed by atoms with van der Waals surface area (Å²) in [6.07, 6.45) is 1.89. The Hall–Kier alpha value is -4.97. The Morgan fingerprint density at radius 3 is 1.94 bits per heavy atom. The predicted molar refractivity (Wildman–Crippen MR) is 138 cm³/mol. The zero-order valence-electron chi connectivity index (χ0n) is 19.4. The van der Waals surface area contributed by atoms with E-state index < -0.39 is 0 Å². The first-order chi connectivity index (χ1) is 17.8. The number of benzene rings is 4. The minimum Gasteiger partial charge on any atom is -0.457 e. The van der Waals surface area contributed by atoms with Gasteiger partial charge >= 0.3 is 0 Å². The molecule has 0 aliphatic carbocycles. The second-order valence-electron chi connectivity index (χ2n) is 8.26. The molecule has 0 spiro atoms. The molecule has 0 fully saturated rings. The lowest BCUT2D eigenvalue weighted by molar-refractivity contribution is 0.469. The Morgan fingerprint density at radius 1 is 0.639 bits per heavy atom. The van der Waals surface area contributed by atoms with Crippen LogP contribution in [0.25, 0.3) is 33.8 Å². The molecule has 0 bridgehead atoms. The van der Waals surface area contributed by atoms with Crippen LogP contribution in [0.15, 0.2) is 126 Å². The number of hydrogen-bond donors (Lipinski definition) is 0. The van der Waals surface area contributed by atoms with Crippen LogP contribution in [0.1, 0.15) is 5.89 Å². The van der Waals surface area contributed by atoms with Crippen LogP contribution >= 0.6 is 0 Å². The van der Waals surface area contributed by atoms with E-state index in [0.29, 0.717) is 12.4 Å². The normalized spacial score (nSPS) is 10.9. The van der Waals surface area contributed by atoms with Crippen LogP contribution in [0.4, 0.5) is 0 Å². The van der Waals surface area contributed by atoms with Crippen molar-refractivity contribution in [1.29, 1.82) is 0 Å². The molecule has 0 saturated carbocycles. The Kier molecular flexibility index (Phi) is 5.82. The van der Waals surface area contributed by atoms with Crippen LogP contribution in [0.3, 0.4) is 0 Å². The molecule has 6 aromatic rings. The van der Waals surface area contributed by atoms with Crippen molar-refractivity contribution in [2.24, 2.45) is 0 Å². The molecule has 6 rings (SSSR count). The second-order valence-corrected chi connectivity index (χ2v) is 8.26. The highest BCUT2D eigenvalue weighted by molar-refractivity contribution is 5.76. The average molecular weight is 471 g/mol. The number of aromatic nitrogens is 4. The van der Waals surface area contributed by atoms with Crippen LogP contribution in [0.2, 0.25) is 0 Å². The minimum absolute atomic E-state index is 0.370. The molecule has 0 aliphatic rings. The molecule has 0 aliphatic heterocycles. The summed E-state index contributed by atoms with van der Waals surface area (Å²) in [6.45, 7) is 0.370. The Labute approximate surface area is 208 Å².